The van der Waals surface area contributed by atoms with Crippen LogP contribution in [0, 0.1) is 0 Å². The van der Waals surface area contributed by atoms with Crippen molar-refractivity contribution in [1.29, 1.82) is 0 Å². The Labute approximate surface area is 113 Å². The average molecular weight is 275 g/mol. The van der Waals surface area contributed by atoms with E-state index in [0.717, 1.165) is 5.56 Å². The summed E-state index contributed by atoms with van der Waals surface area (Å²) in [7, 11) is 3.15. The molecule has 0 heterocycles. The maximum absolute atomic E-state index is 11.3. The summed E-state index contributed by atoms with van der Waals surface area (Å²) < 4.78 is 10.3. The monoisotopic (exact) mass is 274 g/mol. The number of ether oxygens (including phenoxy) is 2. The summed E-state index contributed by atoms with van der Waals surface area (Å²) in [5.41, 5.74) is 6.37. The second-order valence-corrected chi connectivity index (χ2v) is 3.70. The normalized spacial score (nSPS) is 11.1. The molecule has 0 bridgehead atoms. The fourth-order valence-corrected chi connectivity index (χ4v) is 1.34. The second-order valence-electron chi connectivity index (χ2n) is 3.70. The third-order valence-electron chi connectivity index (χ3n) is 2.33. The fourth-order valence-electron chi connectivity index (χ4n) is 1.34. The number of carbonyl (C=O) groups is 1. The van der Waals surface area contributed by atoms with E-state index in [1.54, 1.807) is 27.2 Å². The highest BCUT2D eigenvalue weighted by Crippen LogP contribution is 2.27. The first-order chi connectivity index (χ1) is 8.08. The number of benzene rings is 1. The lowest BCUT2D eigenvalue weighted by Gasteiger charge is -2.11. The number of rotatable bonds is 5. The third-order valence-corrected chi connectivity index (χ3v) is 2.33. The number of nitrogens with one attached hydrogen (secondary N) is 1. The van der Waals surface area contributed by atoms with E-state index in [1.807, 2.05) is 12.1 Å². The quantitative estimate of drug-likeness (QED) is 0.843. The summed E-state index contributed by atoms with van der Waals surface area (Å²) in [6, 6.07) is 4.98. The highest BCUT2D eigenvalue weighted by atomic mass is 35.5. The average Bonchev–Trinajstić information content (AvgIpc) is 2.35. The lowest BCUT2D eigenvalue weighted by atomic mass is 10.2. The lowest BCUT2D eigenvalue weighted by molar-refractivity contribution is -0.122. The first kappa shape index (κ1) is 16.5. The molecule has 0 spiro atoms. The molecule has 5 nitrogen and oxygen atoms in total. The number of hydrogen-bond donors (Lipinski definition) is 2. The Morgan fingerprint density at radius 2 is 1.94 bits per heavy atom. The minimum Gasteiger partial charge on any atom is -0.493 e. The van der Waals surface area contributed by atoms with Crippen LogP contribution < -0.4 is 20.5 Å². The van der Waals surface area contributed by atoms with Gasteiger partial charge in [0.15, 0.2) is 11.5 Å². The molecule has 0 aromatic heterocycles. The van der Waals surface area contributed by atoms with Crippen LogP contribution >= 0.6 is 12.4 Å². The zero-order valence-corrected chi connectivity index (χ0v) is 11.5. The Hall–Kier alpha value is -1.46. The molecule has 0 aliphatic heterocycles. The SMILES string of the molecule is COc1ccc(CNC(=O)[C@H](C)N)cc1OC.Cl. The third kappa shape index (κ3) is 4.43. The summed E-state index contributed by atoms with van der Waals surface area (Å²) in [6.45, 7) is 2.06. The summed E-state index contributed by atoms with van der Waals surface area (Å²) in [4.78, 5) is 11.3. The van der Waals surface area contributed by atoms with Gasteiger partial charge in [-0.25, -0.2) is 0 Å². The van der Waals surface area contributed by atoms with Crippen molar-refractivity contribution in [2.45, 2.75) is 19.5 Å². The molecule has 0 unspecified atom stereocenters. The maximum atomic E-state index is 11.3. The molecule has 0 aliphatic carbocycles. The van der Waals surface area contributed by atoms with E-state index in [-0.39, 0.29) is 18.3 Å². The molecule has 18 heavy (non-hydrogen) atoms. The molecule has 1 aromatic carbocycles. The Kier molecular flexibility index (Phi) is 7.16. The van der Waals surface area contributed by atoms with Gasteiger partial charge in [-0.1, -0.05) is 6.07 Å². The van der Waals surface area contributed by atoms with Crippen molar-refractivity contribution in [1.82, 2.24) is 5.32 Å². The number of amides is 1. The molecule has 0 saturated heterocycles. The Bertz CT molecular complexity index is 397. The van der Waals surface area contributed by atoms with Crippen molar-refractivity contribution >= 4 is 18.3 Å². The lowest BCUT2D eigenvalue weighted by Crippen LogP contribution is -2.37. The van der Waals surface area contributed by atoms with Crippen LogP contribution in [0.2, 0.25) is 0 Å². The molecular weight excluding hydrogens is 256 g/mol. The van der Waals surface area contributed by atoms with Gasteiger partial charge in [0.2, 0.25) is 5.91 Å². The number of hydrogen-bond acceptors (Lipinski definition) is 4. The summed E-state index contributed by atoms with van der Waals surface area (Å²) in [6.07, 6.45) is 0. The van der Waals surface area contributed by atoms with Crippen molar-refractivity contribution in [3.05, 3.63) is 23.8 Å². The smallest absolute Gasteiger partial charge is 0.236 e. The van der Waals surface area contributed by atoms with Gasteiger partial charge in [0, 0.05) is 6.54 Å². The molecule has 0 fully saturated rings. The number of carbonyl (C=O) groups excluding carboxylic acids is 1. The topological polar surface area (TPSA) is 73.6 Å². The van der Waals surface area contributed by atoms with E-state index in [1.165, 1.54) is 0 Å². The first-order valence-electron chi connectivity index (χ1n) is 5.32. The van der Waals surface area contributed by atoms with Crippen molar-refractivity contribution in [3.8, 4) is 11.5 Å². The highest BCUT2D eigenvalue weighted by molar-refractivity contribution is 5.85. The molecule has 0 saturated carbocycles. The summed E-state index contributed by atoms with van der Waals surface area (Å²) >= 11 is 0. The molecule has 1 rings (SSSR count). The van der Waals surface area contributed by atoms with E-state index in [2.05, 4.69) is 5.32 Å². The van der Waals surface area contributed by atoms with E-state index < -0.39 is 6.04 Å². The Morgan fingerprint density at radius 3 is 2.44 bits per heavy atom. The van der Waals surface area contributed by atoms with Crippen LogP contribution in [0.1, 0.15) is 12.5 Å². The fraction of sp³-hybridized carbons (Fsp3) is 0.417. The van der Waals surface area contributed by atoms with E-state index in [9.17, 15) is 4.79 Å². The van der Waals surface area contributed by atoms with Gasteiger partial charge in [0.1, 0.15) is 0 Å². The minimum absolute atomic E-state index is 0. The van der Waals surface area contributed by atoms with Gasteiger partial charge >= 0.3 is 0 Å². The predicted molar refractivity (Wildman–Crippen MR) is 72.3 cm³/mol. The van der Waals surface area contributed by atoms with Crippen molar-refractivity contribution in [2.75, 3.05) is 14.2 Å². The zero-order chi connectivity index (χ0) is 12.8. The van der Waals surface area contributed by atoms with Crippen LogP contribution in [0.4, 0.5) is 0 Å². The molecule has 0 aliphatic rings. The number of nitrogens with two attached hydrogens (primary N) is 1. The van der Waals surface area contributed by atoms with Gasteiger partial charge in [0.05, 0.1) is 20.3 Å². The number of methoxy groups -OCH3 is 2. The van der Waals surface area contributed by atoms with Gasteiger partial charge in [0.25, 0.3) is 0 Å². The van der Waals surface area contributed by atoms with E-state index >= 15 is 0 Å². The van der Waals surface area contributed by atoms with Gasteiger partial charge in [-0.3, -0.25) is 4.79 Å². The first-order valence-corrected chi connectivity index (χ1v) is 5.32. The van der Waals surface area contributed by atoms with Crippen LogP contribution in [0.3, 0.4) is 0 Å². The van der Waals surface area contributed by atoms with Crippen LogP contribution in [0.5, 0.6) is 11.5 Å². The van der Waals surface area contributed by atoms with Crippen LogP contribution in [0.25, 0.3) is 0 Å². The summed E-state index contributed by atoms with van der Waals surface area (Å²) in [5.74, 6) is 1.12. The molecule has 1 amide bonds. The van der Waals surface area contributed by atoms with Crippen molar-refractivity contribution in [3.63, 3.8) is 0 Å². The van der Waals surface area contributed by atoms with Gasteiger partial charge in [-0.05, 0) is 24.6 Å². The number of halogens is 1. The van der Waals surface area contributed by atoms with Crippen LogP contribution in [-0.4, -0.2) is 26.2 Å². The highest BCUT2D eigenvalue weighted by Gasteiger charge is 2.08. The van der Waals surface area contributed by atoms with Gasteiger partial charge in [-0.15, -0.1) is 12.4 Å². The van der Waals surface area contributed by atoms with Gasteiger partial charge in [-0.2, -0.15) is 0 Å². The molecule has 1 aromatic rings. The van der Waals surface area contributed by atoms with Gasteiger partial charge < -0.3 is 20.5 Å². The molecule has 0 radical (unpaired) electrons. The molecule has 102 valence electrons. The van der Waals surface area contributed by atoms with Crippen molar-refractivity contribution < 1.29 is 14.3 Å². The standard InChI is InChI=1S/C12H18N2O3.ClH/c1-8(13)12(15)14-7-9-4-5-10(16-2)11(6-9)17-3;/h4-6,8H,7,13H2,1-3H3,(H,14,15);1H/t8-;/m0./s1. The molecular formula is C12H19ClN2O3. The predicted octanol–water partition coefficient (Wildman–Crippen LogP) is 1.09. The van der Waals surface area contributed by atoms with E-state index in [0.29, 0.717) is 18.0 Å². The van der Waals surface area contributed by atoms with E-state index in [4.69, 9.17) is 15.2 Å². The largest absolute Gasteiger partial charge is 0.493 e. The maximum Gasteiger partial charge on any atom is 0.236 e. The molecule has 6 heteroatoms. The van der Waals surface area contributed by atoms with Crippen molar-refractivity contribution in [2.24, 2.45) is 5.73 Å². The Balaban J connectivity index is 0.00000289. The zero-order valence-electron chi connectivity index (χ0n) is 10.7. The Morgan fingerprint density at radius 1 is 1.33 bits per heavy atom. The van der Waals surface area contributed by atoms with Crippen LogP contribution in [-0.2, 0) is 11.3 Å². The second kappa shape index (κ2) is 7.79. The van der Waals surface area contributed by atoms with Crippen LogP contribution in [0.15, 0.2) is 18.2 Å². The molecule has 3 N–H and O–H groups in total. The molecule has 1 atom stereocenters. The summed E-state index contributed by atoms with van der Waals surface area (Å²) in [5, 5.41) is 2.73. The minimum atomic E-state index is -0.504.